The third-order valence-corrected chi connectivity index (χ3v) is 5.38. The Morgan fingerprint density at radius 2 is 1.97 bits per heavy atom. The third kappa shape index (κ3) is 4.69. The highest BCUT2D eigenvalue weighted by Gasteiger charge is 2.14. The molecule has 152 valence electrons. The number of ether oxygens (including phenoxy) is 1. The average Bonchev–Trinajstić information content (AvgIpc) is 3.44. The summed E-state index contributed by atoms with van der Waals surface area (Å²) in [5.74, 6) is 1.46. The molecule has 0 fully saturated rings. The molecule has 0 radical (unpaired) electrons. The van der Waals surface area contributed by atoms with Gasteiger partial charge in [0.2, 0.25) is 0 Å². The molecule has 0 aliphatic carbocycles. The minimum absolute atomic E-state index is 0.361. The molecule has 2 heterocycles. The molecule has 6 nitrogen and oxygen atoms in total. The van der Waals surface area contributed by atoms with Gasteiger partial charge in [0.05, 0.1) is 11.3 Å². The Hall–Kier alpha value is -3.16. The third-order valence-electron chi connectivity index (χ3n) is 4.19. The maximum absolute atomic E-state index is 6.14. The number of para-hydroxylation sites is 1. The molecule has 0 saturated heterocycles. The molecule has 0 N–H and O–H groups in total. The van der Waals surface area contributed by atoms with E-state index >= 15 is 0 Å². The van der Waals surface area contributed by atoms with Crippen LogP contribution in [0, 0.1) is 0 Å². The lowest BCUT2D eigenvalue weighted by Gasteiger charge is -2.15. The number of thiazole rings is 1. The fraction of sp³-hybridized carbons (Fsp3) is 0.136. The number of rotatable bonds is 6. The van der Waals surface area contributed by atoms with Crippen molar-refractivity contribution in [2.75, 3.05) is 14.1 Å². The van der Waals surface area contributed by atoms with Crippen LogP contribution in [0.4, 0.5) is 0 Å². The second-order valence-electron chi connectivity index (χ2n) is 6.68. The van der Waals surface area contributed by atoms with E-state index in [1.165, 1.54) is 0 Å². The topological polar surface area (TPSA) is 55.5 Å². The normalized spacial score (nSPS) is 11.5. The fourth-order valence-corrected chi connectivity index (χ4v) is 3.78. The van der Waals surface area contributed by atoms with Gasteiger partial charge in [-0.25, -0.2) is 9.97 Å². The molecule has 0 spiro atoms. The van der Waals surface area contributed by atoms with Crippen LogP contribution in [0.3, 0.4) is 0 Å². The maximum Gasteiger partial charge on any atom is 0.168 e. The highest BCUT2D eigenvalue weighted by molar-refractivity contribution is 7.13. The van der Waals surface area contributed by atoms with Crippen LogP contribution >= 0.6 is 22.9 Å². The van der Waals surface area contributed by atoms with Crippen molar-refractivity contribution in [2.24, 2.45) is 5.10 Å². The molecule has 2 aromatic heterocycles. The first-order chi connectivity index (χ1) is 14.6. The molecule has 0 atom stereocenters. The number of nitrogens with zero attached hydrogens (tertiary/aromatic N) is 5. The molecule has 0 amide bonds. The minimum atomic E-state index is 0.361. The summed E-state index contributed by atoms with van der Waals surface area (Å²) < 4.78 is 8.01. The van der Waals surface area contributed by atoms with E-state index in [9.17, 15) is 0 Å². The predicted octanol–water partition coefficient (Wildman–Crippen LogP) is 5.01. The van der Waals surface area contributed by atoms with Crippen molar-refractivity contribution in [3.05, 3.63) is 88.9 Å². The number of halogens is 1. The van der Waals surface area contributed by atoms with Gasteiger partial charge in [-0.2, -0.15) is 5.10 Å². The number of hydrogen-bond donors (Lipinski definition) is 0. The van der Waals surface area contributed by atoms with E-state index in [4.69, 9.17) is 21.3 Å². The average molecular weight is 438 g/mol. The number of aromatic nitrogens is 3. The van der Waals surface area contributed by atoms with Crippen LogP contribution in [0.5, 0.6) is 5.75 Å². The molecule has 4 aromatic rings. The van der Waals surface area contributed by atoms with E-state index in [-0.39, 0.29) is 0 Å². The van der Waals surface area contributed by atoms with Crippen LogP contribution < -0.4 is 4.74 Å². The lowest BCUT2D eigenvalue weighted by molar-refractivity contribution is 0.301. The van der Waals surface area contributed by atoms with Gasteiger partial charge in [0.1, 0.15) is 23.7 Å². The summed E-state index contributed by atoms with van der Waals surface area (Å²) in [5.41, 5.74) is 2.78. The van der Waals surface area contributed by atoms with Crippen LogP contribution in [0.25, 0.3) is 10.6 Å². The largest absolute Gasteiger partial charge is 0.486 e. The van der Waals surface area contributed by atoms with Crippen LogP contribution in [-0.2, 0) is 6.61 Å². The molecular formula is C22H20ClN5OS. The molecule has 0 aliphatic rings. The quantitative estimate of drug-likeness (QED) is 0.242. The van der Waals surface area contributed by atoms with E-state index in [0.717, 1.165) is 33.4 Å². The lowest BCUT2D eigenvalue weighted by atomic mass is 10.2. The first-order valence-corrected chi connectivity index (χ1v) is 10.5. The maximum atomic E-state index is 6.14. The molecular weight excluding hydrogens is 418 g/mol. The highest BCUT2D eigenvalue weighted by Crippen LogP contribution is 2.26. The van der Waals surface area contributed by atoms with Gasteiger partial charge in [0.25, 0.3) is 0 Å². The summed E-state index contributed by atoms with van der Waals surface area (Å²) >= 11 is 7.56. The molecule has 4 rings (SSSR count). The smallest absolute Gasteiger partial charge is 0.168 e. The summed E-state index contributed by atoms with van der Waals surface area (Å²) in [6, 6.07) is 15.5. The molecule has 30 heavy (non-hydrogen) atoms. The summed E-state index contributed by atoms with van der Waals surface area (Å²) in [6.45, 7) is 0.361. The van der Waals surface area contributed by atoms with Crippen molar-refractivity contribution < 1.29 is 4.74 Å². The number of hydrazone groups is 1. The van der Waals surface area contributed by atoms with Gasteiger partial charge in [0, 0.05) is 42.5 Å². The van der Waals surface area contributed by atoms with E-state index in [0.29, 0.717) is 11.6 Å². The van der Waals surface area contributed by atoms with E-state index in [2.05, 4.69) is 10.1 Å². The highest BCUT2D eigenvalue weighted by atomic mass is 35.5. The second-order valence-corrected chi connectivity index (χ2v) is 7.97. The van der Waals surface area contributed by atoms with Crippen molar-refractivity contribution in [2.45, 2.75) is 6.61 Å². The Kier molecular flexibility index (Phi) is 6.11. The van der Waals surface area contributed by atoms with Crippen molar-refractivity contribution in [1.82, 2.24) is 19.5 Å². The molecule has 0 bridgehead atoms. The summed E-state index contributed by atoms with van der Waals surface area (Å²) in [6.07, 6.45) is 5.30. The van der Waals surface area contributed by atoms with Gasteiger partial charge in [0.15, 0.2) is 5.84 Å². The van der Waals surface area contributed by atoms with E-state index < -0.39 is 0 Å². The molecule has 8 heteroatoms. The van der Waals surface area contributed by atoms with E-state index in [1.807, 2.05) is 78.8 Å². The van der Waals surface area contributed by atoms with Crippen LogP contribution in [-0.4, -0.2) is 39.5 Å². The number of imidazole rings is 1. The number of hydrogen-bond acceptors (Lipinski definition) is 6. The monoisotopic (exact) mass is 437 g/mol. The predicted molar refractivity (Wildman–Crippen MR) is 121 cm³/mol. The minimum Gasteiger partial charge on any atom is -0.486 e. The Balaban J connectivity index is 1.56. The van der Waals surface area contributed by atoms with Gasteiger partial charge in [-0.1, -0.05) is 35.9 Å². The standard InChI is InChI=1S/C22H20ClN5OS/c1-27(2)26-21(28-12-11-24-15-28)19-5-3-4-6-20(19)29-13-18-14-30-22(25-18)16-7-9-17(23)10-8-16/h3-12,14-15H,13H2,1-2H3. The molecule has 0 saturated carbocycles. The van der Waals surface area contributed by atoms with Crippen molar-refractivity contribution in [3.8, 4) is 16.3 Å². The van der Waals surface area contributed by atoms with Crippen molar-refractivity contribution >= 4 is 28.8 Å². The zero-order chi connectivity index (χ0) is 20.9. The SMILES string of the molecule is CN(C)N=C(c1ccccc1OCc1csc(-c2ccc(Cl)cc2)n1)n1ccnc1. The van der Waals surface area contributed by atoms with Gasteiger partial charge < -0.3 is 9.75 Å². The Morgan fingerprint density at radius 3 is 2.70 bits per heavy atom. The summed E-state index contributed by atoms with van der Waals surface area (Å²) in [7, 11) is 3.77. The first-order valence-electron chi connectivity index (χ1n) is 9.27. The van der Waals surface area contributed by atoms with Crippen molar-refractivity contribution in [1.29, 1.82) is 0 Å². The summed E-state index contributed by atoms with van der Waals surface area (Å²) in [5, 5.41) is 10.0. The zero-order valence-electron chi connectivity index (χ0n) is 16.6. The zero-order valence-corrected chi connectivity index (χ0v) is 18.1. The van der Waals surface area contributed by atoms with Gasteiger partial charge >= 0.3 is 0 Å². The van der Waals surface area contributed by atoms with Gasteiger partial charge in [-0.15, -0.1) is 11.3 Å². The molecule has 0 unspecified atom stereocenters. The van der Waals surface area contributed by atoms with Gasteiger partial charge in [-0.05, 0) is 24.3 Å². The van der Waals surface area contributed by atoms with Crippen LogP contribution in [0.1, 0.15) is 11.3 Å². The Bertz CT molecular complexity index is 1140. The first kappa shape index (κ1) is 20.1. The Morgan fingerprint density at radius 1 is 1.17 bits per heavy atom. The van der Waals surface area contributed by atoms with Crippen LogP contribution in [0.2, 0.25) is 5.02 Å². The van der Waals surface area contributed by atoms with Crippen LogP contribution in [0.15, 0.2) is 77.7 Å². The Labute approximate surface area is 184 Å². The summed E-state index contributed by atoms with van der Waals surface area (Å²) in [4.78, 5) is 8.84. The van der Waals surface area contributed by atoms with Gasteiger partial charge in [-0.3, -0.25) is 4.57 Å². The fourth-order valence-electron chi connectivity index (χ4n) is 2.85. The van der Waals surface area contributed by atoms with Crippen molar-refractivity contribution in [3.63, 3.8) is 0 Å². The molecule has 2 aromatic carbocycles. The lowest BCUT2D eigenvalue weighted by Crippen LogP contribution is -2.18. The van der Waals surface area contributed by atoms with E-state index in [1.54, 1.807) is 28.9 Å². The number of benzene rings is 2. The molecule has 0 aliphatic heterocycles. The second kappa shape index (κ2) is 9.11.